The molecule has 0 radical (unpaired) electrons. The lowest BCUT2D eigenvalue weighted by Gasteiger charge is -2.40. The Balaban J connectivity index is 0.00000480. The third kappa shape index (κ3) is 10.2. The molecule has 2 heterocycles. The van der Waals surface area contributed by atoms with Crippen LogP contribution < -0.4 is 15.4 Å². The third-order valence-electron chi connectivity index (χ3n) is 4.78. The molecule has 0 aliphatic carbocycles. The van der Waals surface area contributed by atoms with Gasteiger partial charge in [-0.05, 0) is 30.7 Å². The quantitative estimate of drug-likeness (QED) is 0.293. The SMILES string of the molecule is CCNC(=NCc1ccc(OCC(F)(F)F)nc1)NCC1CCCOC1C(C)(C)C.I. The summed E-state index contributed by atoms with van der Waals surface area (Å²) in [5.41, 5.74) is 0.851. The molecule has 0 aromatic carbocycles. The van der Waals surface area contributed by atoms with Gasteiger partial charge in [0.15, 0.2) is 12.6 Å². The van der Waals surface area contributed by atoms with Gasteiger partial charge in [0.25, 0.3) is 0 Å². The van der Waals surface area contributed by atoms with Crippen LogP contribution >= 0.6 is 24.0 Å². The smallest absolute Gasteiger partial charge is 0.422 e. The lowest BCUT2D eigenvalue weighted by Crippen LogP contribution is -2.47. The zero-order valence-corrected chi connectivity index (χ0v) is 20.9. The minimum atomic E-state index is -4.38. The second kappa shape index (κ2) is 12.7. The molecule has 1 aliphatic heterocycles. The first kappa shape index (κ1) is 27.7. The van der Waals surface area contributed by atoms with Gasteiger partial charge in [0.1, 0.15) is 0 Å². The van der Waals surface area contributed by atoms with Crippen LogP contribution in [0.4, 0.5) is 13.2 Å². The number of hydrogen-bond acceptors (Lipinski definition) is 4. The van der Waals surface area contributed by atoms with E-state index in [1.54, 1.807) is 6.07 Å². The van der Waals surface area contributed by atoms with Crippen molar-refractivity contribution < 1.29 is 22.6 Å². The summed E-state index contributed by atoms with van der Waals surface area (Å²) in [5, 5.41) is 6.62. The highest BCUT2D eigenvalue weighted by molar-refractivity contribution is 14.0. The average molecular weight is 558 g/mol. The second-order valence-electron chi connectivity index (χ2n) is 8.54. The lowest BCUT2D eigenvalue weighted by atomic mass is 9.78. The van der Waals surface area contributed by atoms with E-state index in [9.17, 15) is 13.2 Å². The normalized spacial score (nSPS) is 20.0. The molecule has 0 bridgehead atoms. The summed E-state index contributed by atoms with van der Waals surface area (Å²) in [6.07, 6.45) is -0.552. The number of hydrogen-bond donors (Lipinski definition) is 2. The van der Waals surface area contributed by atoms with E-state index in [4.69, 9.17) is 4.74 Å². The topological polar surface area (TPSA) is 67.8 Å². The zero-order valence-electron chi connectivity index (χ0n) is 18.6. The van der Waals surface area contributed by atoms with Crippen molar-refractivity contribution in [3.8, 4) is 5.88 Å². The van der Waals surface area contributed by atoms with Crippen molar-refractivity contribution in [2.75, 3.05) is 26.3 Å². The summed E-state index contributed by atoms with van der Waals surface area (Å²) in [7, 11) is 0. The van der Waals surface area contributed by atoms with Gasteiger partial charge in [-0.25, -0.2) is 9.98 Å². The fourth-order valence-corrected chi connectivity index (χ4v) is 3.49. The predicted octanol–water partition coefficient (Wildman–Crippen LogP) is 4.54. The molecule has 1 saturated heterocycles. The van der Waals surface area contributed by atoms with E-state index < -0.39 is 12.8 Å². The van der Waals surface area contributed by atoms with Gasteiger partial charge >= 0.3 is 6.18 Å². The predicted molar refractivity (Wildman–Crippen MR) is 126 cm³/mol. The number of aromatic nitrogens is 1. The molecule has 10 heteroatoms. The Morgan fingerprint density at radius 1 is 1.26 bits per heavy atom. The largest absolute Gasteiger partial charge is 0.468 e. The highest BCUT2D eigenvalue weighted by Gasteiger charge is 2.35. The van der Waals surface area contributed by atoms with E-state index in [1.165, 1.54) is 12.3 Å². The number of aliphatic imine (C=N–C) groups is 1. The third-order valence-corrected chi connectivity index (χ3v) is 4.78. The molecule has 2 rings (SSSR count). The molecule has 1 aromatic heterocycles. The van der Waals surface area contributed by atoms with Gasteiger partial charge in [-0.1, -0.05) is 26.8 Å². The number of alkyl halides is 3. The van der Waals surface area contributed by atoms with Crippen molar-refractivity contribution in [1.29, 1.82) is 0 Å². The van der Waals surface area contributed by atoms with Crippen molar-refractivity contribution in [3.05, 3.63) is 23.9 Å². The molecular formula is C21H34F3IN4O2. The Morgan fingerprint density at radius 3 is 2.58 bits per heavy atom. The molecule has 178 valence electrons. The Hall–Kier alpha value is -1.30. The van der Waals surface area contributed by atoms with Gasteiger partial charge in [-0.3, -0.25) is 0 Å². The molecule has 0 spiro atoms. The fraction of sp³-hybridized carbons (Fsp3) is 0.714. The summed E-state index contributed by atoms with van der Waals surface area (Å²) in [5.74, 6) is 1.03. The number of pyridine rings is 1. The first-order valence-electron chi connectivity index (χ1n) is 10.4. The van der Waals surface area contributed by atoms with Crippen molar-refractivity contribution in [2.24, 2.45) is 16.3 Å². The van der Waals surface area contributed by atoms with E-state index in [1.807, 2.05) is 6.92 Å². The van der Waals surface area contributed by atoms with Crippen LogP contribution in [0.5, 0.6) is 5.88 Å². The van der Waals surface area contributed by atoms with E-state index >= 15 is 0 Å². The molecule has 1 aromatic rings. The Morgan fingerprint density at radius 2 is 2.00 bits per heavy atom. The molecule has 0 saturated carbocycles. The molecule has 2 unspecified atom stereocenters. The van der Waals surface area contributed by atoms with Crippen LogP contribution in [0, 0.1) is 11.3 Å². The van der Waals surface area contributed by atoms with E-state index in [-0.39, 0.29) is 41.4 Å². The Bertz CT molecular complexity index is 679. The first-order valence-corrected chi connectivity index (χ1v) is 10.4. The number of halogens is 4. The standard InChI is InChI=1S/C21H33F3N4O2.HI/c1-5-25-19(28-13-16-7-6-10-29-18(16)20(2,3)4)27-12-15-8-9-17(26-11-15)30-14-21(22,23)24;/h8-9,11,16,18H,5-7,10,12-14H2,1-4H3,(H2,25,27,28);1H. The molecular weight excluding hydrogens is 524 g/mol. The highest BCUT2D eigenvalue weighted by atomic mass is 127. The van der Waals surface area contributed by atoms with Crippen molar-refractivity contribution in [1.82, 2.24) is 15.6 Å². The zero-order chi connectivity index (χ0) is 22.2. The van der Waals surface area contributed by atoms with Crippen LogP contribution in [0.3, 0.4) is 0 Å². The van der Waals surface area contributed by atoms with Gasteiger partial charge in [0, 0.05) is 37.9 Å². The van der Waals surface area contributed by atoms with Crippen LogP contribution in [0.1, 0.15) is 46.1 Å². The molecule has 6 nitrogen and oxygen atoms in total. The van der Waals surface area contributed by atoms with E-state index in [0.717, 1.165) is 38.1 Å². The van der Waals surface area contributed by atoms with E-state index in [0.29, 0.717) is 18.4 Å². The summed E-state index contributed by atoms with van der Waals surface area (Å²) < 4.78 is 47.3. The van der Waals surface area contributed by atoms with Crippen LogP contribution in [0.15, 0.2) is 23.3 Å². The molecule has 1 aliphatic rings. The van der Waals surface area contributed by atoms with Crippen LogP contribution in [-0.2, 0) is 11.3 Å². The summed E-state index contributed by atoms with van der Waals surface area (Å²) in [6, 6.07) is 3.08. The maximum absolute atomic E-state index is 12.2. The fourth-order valence-electron chi connectivity index (χ4n) is 3.49. The van der Waals surface area contributed by atoms with E-state index in [2.05, 4.69) is 46.1 Å². The van der Waals surface area contributed by atoms with Crippen molar-refractivity contribution in [3.63, 3.8) is 0 Å². The maximum Gasteiger partial charge on any atom is 0.422 e. The Labute approximate surface area is 199 Å². The van der Waals surface area contributed by atoms with Crippen LogP contribution in [0.2, 0.25) is 0 Å². The summed E-state index contributed by atoms with van der Waals surface area (Å²) >= 11 is 0. The summed E-state index contributed by atoms with van der Waals surface area (Å²) in [4.78, 5) is 8.48. The second-order valence-corrected chi connectivity index (χ2v) is 8.54. The number of nitrogens with zero attached hydrogens (tertiary/aromatic N) is 2. The first-order chi connectivity index (χ1) is 14.1. The number of rotatable bonds is 7. The van der Waals surface area contributed by atoms with Gasteiger partial charge in [0.05, 0.1) is 12.6 Å². The molecule has 31 heavy (non-hydrogen) atoms. The minimum Gasteiger partial charge on any atom is -0.468 e. The number of nitrogens with one attached hydrogen (secondary N) is 2. The monoisotopic (exact) mass is 558 g/mol. The molecule has 0 amide bonds. The van der Waals surface area contributed by atoms with Gasteiger partial charge in [-0.15, -0.1) is 24.0 Å². The van der Waals surface area contributed by atoms with Crippen LogP contribution in [-0.4, -0.2) is 49.5 Å². The van der Waals surface area contributed by atoms with Gasteiger partial charge in [-0.2, -0.15) is 13.2 Å². The van der Waals surface area contributed by atoms with Gasteiger partial charge < -0.3 is 20.1 Å². The van der Waals surface area contributed by atoms with Crippen molar-refractivity contribution >= 4 is 29.9 Å². The van der Waals surface area contributed by atoms with Crippen molar-refractivity contribution in [2.45, 2.75) is 59.4 Å². The molecule has 2 atom stereocenters. The Kier molecular flexibility index (Phi) is 11.3. The summed E-state index contributed by atoms with van der Waals surface area (Å²) in [6.45, 7) is 9.88. The van der Waals surface area contributed by atoms with Gasteiger partial charge in [0.2, 0.25) is 5.88 Å². The minimum absolute atomic E-state index is 0. The maximum atomic E-state index is 12.2. The van der Waals surface area contributed by atoms with Crippen LogP contribution in [0.25, 0.3) is 0 Å². The molecule has 2 N–H and O–H groups in total. The molecule has 1 fully saturated rings. The lowest BCUT2D eigenvalue weighted by molar-refractivity contribution is -0.154. The number of ether oxygens (including phenoxy) is 2. The number of guanidine groups is 1. The average Bonchev–Trinajstić information content (AvgIpc) is 2.68. The highest BCUT2D eigenvalue weighted by Crippen LogP contribution is 2.33.